The normalized spacial score (nSPS) is 10.9. The minimum Gasteiger partial charge on any atom is -0.336 e. The predicted octanol–water partition coefficient (Wildman–Crippen LogP) is 0.532. The molecule has 0 spiro atoms. The minimum absolute atomic E-state index is 0.166. The fourth-order valence-corrected chi connectivity index (χ4v) is 1.22. The molecule has 1 aromatic rings. The van der Waals surface area contributed by atoms with Gasteiger partial charge in [0.2, 0.25) is 0 Å². The number of amides is 2. The zero-order chi connectivity index (χ0) is 11.3. The highest BCUT2D eigenvalue weighted by Crippen LogP contribution is 2.20. The van der Waals surface area contributed by atoms with Gasteiger partial charge in [-0.05, 0) is 11.6 Å². The molecule has 15 heavy (non-hydrogen) atoms. The number of nitrogens with two attached hydrogens (primary N) is 1. The second-order valence-electron chi connectivity index (χ2n) is 3.95. The molecule has 5 nitrogen and oxygen atoms in total. The van der Waals surface area contributed by atoms with E-state index in [-0.39, 0.29) is 11.4 Å². The Balaban J connectivity index is 2.63. The molecule has 0 saturated heterocycles. The average Bonchev–Trinajstić information content (AvgIpc) is 2.27. The van der Waals surface area contributed by atoms with E-state index in [4.69, 9.17) is 5.84 Å². The van der Waals surface area contributed by atoms with Crippen LogP contribution in [-0.4, -0.2) is 17.6 Å². The van der Waals surface area contributed by atoms with Crippen LogP contribution in [0, 0.1) is 0 Å². The third kappa shape index (κ3) is 3.21. The van der Waals surface area contributed by atoms with Gasteiger partial charge in [0, 0.05) is 24.4 Å². The molecule has 5 heteroatoms. The van der Waals surface area contributed by atoms with Gasteiger partial charge in [-0.2, -0.15) is 0 Å². The number of pyridine rings is 1. The molecule has 0 aromatic carbocycles. The van der Waals surface area contributed by atoms with Gasteiger partial charge in [-0.1, -0.05) is 19.9 Å². The maximum absolute atomic E-state index is 10.9. The number of carbonyl (C=O) groups is 1. The van der Waals surface area contributed by atoms with Gasteiger partial charge in [-0.3, -0.25) is 10.4 Å². The summed E-state index contributed by atoms with van der Waals surface area (Å²) in [7, 11) is 0. The number of urea groups is 1. The topological polar surface area (TPSA) is 80.0 Å². The monoisotopic (exact) mass is 208 g/mol. The second-order valence-corrected chi connectivity index (χ2v) is 3.95. The summed E-state index contributed by atoms with van der Waals surface area (Å²) in [6, 6.07) is 3.47. The van der Waals surface area contributed by atoms with E-state index < -0.39 is 0 Å². The highest BCUT2D eigenvalue weighted by molar-refractivity contribution is 5.73. The van der Waals surface area contributed by atoms with Crippen molar-refractivity contribution in [2.45, 2.75) is 19.3 Å². The molecule has 0 saturated carbocycles. The molecule has 1 aromatic heterocycles. The van der Waals surface area contributed by atoms with E-state index in [2.05, 4.69) is 10.3 Å². The van der Waals surface area contributed by atoms with Gasteiger partial charge >= 0.3 is 6.03 Å². The van der Waals surface area contributed by atoms with Gasteiger partial charge in [-0.15, -0.1) is 0 Å². The summed E-state index contributed by atoms with van der Waals surface area (Å²) >= 11 is 0. The molecule has 0 aliphatic heterocycles. The lowest BCUT2D eigenvalue weighted by Crippen LogP contribution is -2.44. The van der Waals surface area contributed by atoms with Crippen LogP contribution in [0.3, 0.4) is 0 Å². The van der Waals surface area contributed by atoms with Crippen LogP contribution in [0.5, 0.6) is 0 Å². The zero-order valence-electron chi connectivity index (χ0n) is 8.95. The third-order valence-electron chi connectivity index (χ3n) is 2.26. The number of hydrazine groups is 1. The van der Waals surface area contributed by atoms with Crippen molar-refractivity contribution in [2.24, 2.45) is 5.84 Å². The number of rotatable bonds is 3. The molecule has 0 radical (unpaired) electrons. The maximum atomic E-state index is 10.9. The number of aromatic nitrogens is 1. The van der Waals surface area contributed by atoms with Crippen LogP contribution < -0.4 is 16.6 Å². The Labute approximate surface area is 89.0 Å². The molecule has 0 fully saturated rings. The largest absolute Gasteiger partial charge is 0.336 e. The Morgan fingerprint density at radius 1 is 1.60 bits per heavy atom. The van der Waals surface area contributed by atoms with Crippen molar-refractivity contribution < 1.29 is 4.79 Å². The molecule has 82 valence electrons. The van der Waals surface area contributed by atoms with E-state index >= 15 is 0 Å². The van der Waals surface area contributed by atoms with E-state index in [1.165, 1.54) is 0 Å². The third-order valence-corrected chi connectivity index (χ3v) is 2.26. The van der Waals surface area contributed by atoms with Gasteiger partial charge in [0.1, 0.15) is 0 Å². The number of hydrogen-bond donors (Lipinski definition) is 3. The molecule has 4 N–H and O–H groups in total. The molecule has 1 heterocycles. The van der Waals surface area contributed by atoms with Crippen LogP contribution in [0.2, 0.25) is 0 Å². The summed E-state index contributed by atoms with van der Waals surface area (Å²) < 4.78 is 0. The Bertz CT molecular complexity index is 323. The predicted molar refractivity (Wildman–Crippen MR) is 58.0 cm³/mol. The molecule has 0 atom stereocenters. The lowest BCUT2D eigenvalue weighted by molar-refractivity contribution is 0.238. The van der Waals surface area contributed by atoms with Crippen molar-refractivity contribution >= 4 is 6.03 Å². The fourth-order valence-electron chi connectivity index (χ4n) is 1.22. The van der Waals surface area contributed by atoms with Crippen LogP contribution in [0.1, 0.15) is 19.4 Å². The van der Waals surface area contributed by atoms with Gasteiger partial charge in [0.05, 0.1) is 0 Å². The Kier molecular flexibility index (Phi) is 3.62. The first-order valence-corrected chi connectivity index (χ1v) is 4.71. The van der Waals surface area contributed by atoms with Crippen molar-refractivity contribution in [3.8, 4) is 0 Å². The molecule has 0 aliphatic rings. The summed E-state index contributed by atoms with van der Waals surface area (Å²) in [4.78, 5) is 15.0. The van der Waals surface area contributed by atoms with Gasteiger partial charge in [0.25, 0.3) is 0 Å². The quantitative estimate of drug-likeness (QED) is 0.385. The van der Waals surface area contributed by atoms with Crippen LogP contribution in [-0.2, 0) is 5.41 Å². The van der Waals surface area contributed by atoms with Crippen molar-refractivity contribution in [3.05, 3.63) is 30.1 Å². The SMILES string of the molecule is CC(C)(CNC(=O)NN)c1cccnc1. The number of carbonyl (C=O) groups excluding carboxylic acids is 1. The first-order chi connectivity index (χ1) is 7.06. The van der Waals surface area contributed by atoms with Crippen LogP contribution in [0.15, 0.2) is 24.5 Å². The second kappa shape index (κ2) is 4.75. The molecular weight excluding hydrogens is 192 g/mol. The van der Waals surface area contributed by atoms with Crippen molar-refractivity contribution in [1.82, 2.24) is 15.7 Å². The highest BCUT2D eigenvalue weighted by Gasteiger charge is 2.21. The van der Waals surface area contributed by atoms with E-state index in [9.17, 15) is 4.79 Å². The Morgan fingerprint density at radius 3 is 2.87 bits per heavy atom. The van der Waals surface area contributed by atoms with Gasteiger partial charge in [0.15, 0.2) is 0 Å². The van der Waals surface area contributed by atoms with E-state index in [0.717, 1.165) is 5.56 Å². The van der Waals surface area contributed by atoms with Crippen molar-refractivity contribution in [2.75, 3.05) is 6.54 Å². The summed E-state index contributed by atoms with van der Waals surface area (Å²) in [6.07, 6.45) is 3.52. The van der Waals surface area contributed by atoms with Gasteiger partial charge < -0.3 is 5.32 Å². The van der Waals surface area contributed by atoms with E-state index in [1.54, 1.807) is 12.4 Å². The lowest BCUT2D eigenvalue weighted by atomic mass is 9.86. The standard InChI is InChI=1S/C10H16N4O/c1-10(2,7-13-9(15)14-11)8-4-3-5-12-6-8/h3-6H,7,11H2,1-2H3,(H2,13,14,15). The number of nitrogens with zero attached hydrogens (tertiary/aromatic N) is 1. The zero-order valence-corrected chi connectivity index (χ0v) is 8.95. The average molecular weight is 208 g/mol. The molecule has 2 amide bonds. The fraction of sp³-hybridized carbons (Fsp3) is 0.400. The summed E-state index contributed by atoms with van der Waals surface area (Å²) in [6.45, 7) is 4.56. The van der Waals surface area contributed by atoms with Crippen LogP contribution in [0.25, 0.3) is 0 Å². The first-order valence-electron chi connectivity index (χ1n) is 4.71. The van der Waals surface area contributed by atoms with E-state index in [0.29, 0.717) is 6.54 Å². The maximum Gasteiger partial charge on any atom is 0.328 e. The highest BCUT2D eigenvalue weighted by atomic mass is 16.2. The smallest absolute Gasteiger partial charge is 0.328 e. The molecule has 1 rings (SSSR count). The molecule has 0 unspecified atom stereocenters. The Hall–Kier alpha value is -1.62. The lowest BCUT2D eigenvalue weighted by Gasteiger charge is -2.24. The molecule has 0 bridgehead atoms. The van der Waals surface area contributed by atoms with Crippen molar-refractivity contribution in [3.63, 3.8) is 0 Å². The van der Waals surface area contributed by atoms with Crippen LogP contribution in [0.4, 0.5) is 4.79 Å². The Morgan fingerprint density at radius 2 is 2.33 bits per heavy atom. The minimum atomic E-state index is -0.382. The van der Waals surface area contributed by atoms with Crippen molar-refractivity contribution in [1.29, 1.82) is 0 Å². The van der Waals surface area contributed by atoms with Crippen LogP contribution >= 0.6 is 0 Å². The molecular formula is C10H16N4O. The number of nitrogens with one attached hydrogen (secondary N) is 2. The van der Waals surface area contributed by atoms with Gasteiger partial charge in [-0.25, -0.2) is 10.6 Å². The summed E-state index contributed by atoms with van der Waals surface area (Å²) in [5.41, 5.74) is 2.93. The summed E-state index contributed by atoms with van der Waals surface area (Å²) in [5, 5.41) is 2.67. The van der Waals surface area contributed by atoms with E-state index in [1.807, 2.05) is 31.4 Å². The number of hydrogen-bond acceptors (Lipinski definition) is 3. The molecule has 0 aliphatic carbocycles. The summed E-state index contributed by atoms with van der Waals surface area (Å²) in [5.74, 6) is 4.97. The first kappa shape index (κ1) is 11.5.